The van der Waals surface area contributed by atoms with E-state index in [1.165, 1.54) is 7.11 Å². The first-order valence-electron chi connectivity index (χ1n) is 14.3. The van der Waals surface area contributed by atoms with Crippen LogP contribution in [0.3, 0.4) is 0 Å². The van der Waals surface area contributed by atoms with Gasteiger partial charge < -0.3 is 34.6 Å². The monoisotopic (exact) mass is 584 g/mol. The van der Waals surface area contributed by atoms with Gasteiger partial charge >= 0.3 is 6.16 Å². The van der Waals surface area contributed by atoms with Crippen molar-refractivity contribution in [2.24, 2.45) is 0 Å². The first-order chi connectivity index (χ1) is 20.8. The number of nitrogens with one attached hydrogen (secondary N) is 2. The van der Waals surface area contributed by atoms with Gasteiger partial charge in [-0.2, -0.15) is 0 Å². The van der Waals surface area contributed by atoms with Crippen molar-refractivity contribution in [3.8, 4) is 5.75 Å². The van der Waals surface area contributed by atoms with Crippen LogP contribution in [0.2, 0.25) is 0 Å². The molecular formula is C33H36N4O6. The molecule has 10 heteroatoms. The van der Waals surface area contributed by atoms with Crippen LogP contribution in [-0.2, 0) is 14.3 Å². The average molecular weight is 585 g/mol. The molecule has 2 aliphatic rings. The van der Waals surface area contributed by atoms with E-state index >= 15 is 0 Å². The van der Waals surface area contributed by atoms with Crippen molar-refractivity contribution in [2.45, 2.75) is 18.9 Å². The van der Waals surface area contributed by atoms with E-state index in [1.54, 1.807) is 30.3 Å². The van der Waals surface area contributed by atoms with Gasteiger partial charge in [0.15, 0.2) is 0 Å². The van der Waals surface area contributed by atoms with Crippen molar-refractivity contribution in [2.75, 3.05) is 58.1 Å². The second-order valence-electron chi connectivity index (χ2n) is 10.7. The van der Waals surface area contributed by atoms with E-state index in [4.69, 9.17) is 9.47 Å². The SMILES string of the molecule is COC(=O)Oc1ccc2c(c1)NC(=O)/C2=C(\Nc1ccc(C(=O)N2CCC(OCCN(C)C)CC2)cc1)c1ccccc1. The highest BCUT2D eigenvalue weighted by Gasteiger charge is 2.29. The Morgan fingerprint density at radius 3 is 2.37 bits per heavy atom. The second kappa shape index (κ2) is 13.5. The molecule has 0 saturated carbocycles. The van der Waals surface area contributed by atoms with E-state index in [2.05, 4.69) is 20.3 Å². The normalized spacial score (nSPS) is 16.0. The molecule has 0 aliphatic carbocycles. The highest BCUT2D eigenvalue weighted by atomic mass is 16.7. The zero-order chi connectivity index (χ0) is 30.3. The molecule has 0 aromatic heterocycles. The summed E-state index contributed by atoms with van der Waals surface area (Å²) >= 11 is 0. The topological polar surface area (TPSA) is 109 Å². The second-order valence-corrected chi connectivity index (χ2v) is 10.7. The number of likely N-dealkylation sites (tertiary alicyclic amines) is 1. The summed E-state index contributed by atoms with van der Waals surface area (Å²) in [7, 11) is 5.28. The van der Waals surface area contributed by atoms with Crippen LogP contribution in [0.1, 0.15) is 34.3 Å². The molecule has 0 atom stereocenters. The lowest BCUT2D eigenvalue weighted by atomic mass is 9.99. The molecule has 10 nitrogen and oxygen atoms in total. The van der Waals surface area contributed by atoms with Gasteiger partial charge in [-0.3, -0.25) is 9.59 Å². The summed E-state index contributed by atoms with van der Waals surface area (Å²) in [5.74, 6) is -0.0471. The highest BCUT2D eigenvalue weighted by molar-refractivity contribution is 6.37. The van der Waals surface area contributed by atoms with Crippen LogP contribution in [0, 0.1) is 0 Å². The van der Waals surface area contributed by atoms with Crippen LogP contribution in [-0.4, -0.2) is 81.3 Å². The molecule has 5 rings (SSSR count). The molecule has 2 aliphatic heterocycles. The number of hydrogen-bond acceptors (Lipinski definition) is 8. The van der Waals surface area contributed by atoms with Gasteiger partial charge in [0, 0.05) is 42.5 Å². The van der Waals surface area contributed by atoms with Gasteiger partial charge in [0.1, 0.15) is 5.75 Å². The standard InChI is InChI=1S/C33H36N4O6/c1-36(2)19-20-42-25-15-17-37(18-16-25)32(39)23-9-11-24(12-10-23)34-30(22-7-5-4-6-8-22)29-27-14-13-26(43-33(40)41-3)21-28(27)35-31(29)38/h4-14,21,25,34H,15-20H2,1-3H3,(H,35,38)/b30-29-. The van der Waals surface area contributed by atoms with Crippen molar-refractivity contribution in [1.82, 2.24) is 9.80 Å². The van der Waals surface area contributed by atoms with Crippen LogP contribution < -0.4 is 15.4 Å². The summed E-state index contributed by atoms with van der Waals surface area (Å²) in [6.45, 7) is 2.90. The maximum Gasteiger partial charge on any atom is 0.513 e. The summed E-state index contributed by atoms with van der Waals surface area (Å²) in [4.78, 5) is 42.0. The van der Waals surface area contributed by atoms with E-state index in [1.807, 2.05) is 61.5 Å². The molecule has 1 fully saturated rings. The quantitative estimate of drug-likeness (QED) is 0.207. The van der Waals surface area contributed by atoms with Crippen LogP contribution in [0.5, 0.6) is 5.75 Å². The highest BCUT2D eigenvalue weighted by Crippen LogP contribution is 2.39. The Balaban J connectivity index is 1.32. The van der Waals surface area contributed by atoms with Crippen molar-refractivity contribution in [3.63, 3.8) is 0 Å². The Morgan fingerprint density at radius 1 is 0.977 bits per heavy atom. The molecule has 3 aromatic rings. The number of benzene rings is 3. The lowest BCUT2D eigenvalue weighted by Gasteiger charge is -2.32. The van der Waals surface area contributed by atoms with Gasteiger partial charge in [-0.15, -0.1) is 0 Å². The van der Waals surface area contributed by atoms with Gasteiger partial charge in [-0.05, 0) is 68.9 Å². The fourth-order valence-corrected chi connectivity index (χ4v) is 5.14. The number of carbonyl (C=O) groups excluding carboxylic acids is 3. The number of ether oxygens (including phenoxy) is 3. The Kier molecular flexibility index (Phi) is 9.38. The fraction of sp³-hybridized carbons (Fsp3) is 0.303. The number of anilines is 2. The Labute approximate surface area is 251 Å². The fourth-order valence-electron chi connectivity index (χ4n) is 5.14. The van der Waals surface area contributed by atoms with E-state index in [-0.39, 0.29) is 23.7 Å². The Bertz CT molecular complexity index is 1500. The summed E-state index contributed by atoms with van der Waals surface area (Å²) in [5.41, 5.74) is 4.37. The number of piperidine rings is 1. The van der Waals surface area contributed by atoms with Gasteiger partial charge in [-0.25, -0.2) is 4.79 Å². The van der Waals surface area contributed by atoms with Gasteiger partial charge in [0.05, 0.1) is 36.8 Å². The third-order valence-corrected chi connectivity index (χ3v) is 7.44. The van der Waals surface area contributed by atoms with Crippen LogP contribution in [0.4, 0.5) is 16.2 Å². The maximum absolute atomic E-state index is 13.3. The zero-order valence-corrected chi connectivity index (χ0v) is 24.6. The number of rotatable bonds is 9. The van der Waals surface area contributed by atoms with Gasteiger partial charge in [-0.1, -0.05) is 30.3 Å². The lowest BCUT2D eigenvalue weighted by molar-refractivity contribution is -0.110. The minimum atomic E-state index is -0.845. The number of carbonyl (C=O) groups is 3. The summed E-state index contributed by atoms with van der Waals surface area (Å²) in [5, 5.41) is 6.28. The number of amides is 2. The zero-order valence-electron chi connectivity index (χ0n) is 24.6. The Morgan fingerprint density at radius 2 is 1.70 bits per heavy atom. The average Bonchev–Trinajstić information content (AvgIpc) is 3.34. The smallest absolute Gasteiger partial charge is 0.437 e. The number of hydrogen-bond donors (Lipinski definition) is 2. The minimum absolute atomic E-state index is 0.00555. The number of methoxy groups -OCH3 is 1. The molecule has 0 spiro atoms. The third-order valence-electron chi connectivity index (χ3n) is 7.44. The van der Waals surface area contributed by atoms with Crippen LogP contribution in [0.25, 0.3) is 11.3 Å². The predicted octanol–water partition coefficient (Wildman–Crippen LogP) is 4.95. The van der Waals surface area contributed by atoms with Crippen molar-refractivity contribution in [3.05, 3.63) is 89.5 Å². The minimum Gasteiger partial charge on any atom is -0.437 e. The Hall–Kier alpha value is -4.67. The first kappa shape index (κ1) is 29.8. The van der Waals surface area contributed by atoms with E-state index in [0.717, 1.165) is 30.6 Å². The largest absolute Gasteiger partial charge is 0.513 e. The molecule has 2 amide bonds. The van der Waals surface area contributed by atoms with Crippen LogP contribution in [0.15, 0.2) is 72.8 Å². The molecule has 224 valence electrons. The van der Waals surface area contributed by atoms with E-state index in [9.17, 15) is 14.4 Å². The first-order valence-corrected chi connectivity index (χ1v) is 14.3. The number of nitrogens with zero attached hydrogens (tertiary/aromatic N) is 2. The molecule has 0 bridgehead atoms. The number of fused-ring (bicyclic) bond motifs is 1. The molecule has 1 saturated heterocycles. The molecular weight excluding hydrogens is 548 g/mol. The van der Waals surface area contributed by atoms with E-state index in [0.29, 0.717) is 47.8 Å². The van der Waals surface area contributed by atoms with Crippen molar-refractivity contribution in [1.29, 1.82) is 0 Å². The van der Waals surface area contributed by atoms with Crippen molar-refractivity contribution >= 4 is 40.6 Å². The summed E-state index contributed by atoms with van der Waals surface area (Å²) in [6, 6.07) is 21.7. The maximum atomic E-state index is 13.3. The molecule has 2 heterocycles. The molecule has 3 aromatic carbocycles. The molecule has 43 heavy (non-hydrogen) atoms. The summed E-state index contributed by atoms with van der Waals surface area (Å²) < 4.78 is 15.6. The number of likely N-dealkylation sites (N-methyl/N-ethyl adjacent to an activating group) is 1. The van der Waals surface area contributed by atoms with Gasteiger partial charge in [0.25, 0.3) is 11.8 Å². The summed E-state index contributed by atoms with van der Waals surface area (Å²) in [6.07, 6.45) is 0.992. The van der Waals surface area contributed by atoms with E-state index < -0.39 is 6.16 Å². The lowest BCUT2D eigenvalue weighted by Crippen LogP contribution is -2.41. The molecule has 0 unspecified atom stereocenters. The molecule has 0 radical (unpaired) electrons. The third kappa shape index (κ3) is 7.22. The predicted molar refractivity (Wildman–Crippen MR) is 165 cm³/mol. The van der Waals surface area contributed by atoms with Crippen molar-refractivity contribution < 1.29 is 28.6 Å². The van der Waals surface area contributed by atoms with Gasteiger partial charge in [0.2, 0.25) is 0 Å². The molecule has 2 N–H and O–H groups in total. The van der Waals surface area contributed by atoms with Crippen LogP contribution >= 0.6 is 0 Å².